The first kappa shape index (κ1) is 11.4. The Kier molecular flexibility index (Phi) is 3.79. The van der Waals surface area contributed by atoms with Gasteiger partial charge in [-0.2, -0.15) is 0 Å². The molecule has 1 nitrogen and oxygen atoms in total. The molecule has 0 saturated heterocycles. The van der Waals surface area contributed by atoms with Gasteiger partial charge < -0.3 is 5.32 Å². The molecule has 1 fully saturated rings. The van der Waals surface area contributed by atoms with Crippen LogP contribution in [0.2, 0.25) is 0 Å². The maximum Gasteiger partial charge on any atom is 0.0145 e. The molecule has 0 aliphatic heterocycles. The molecule has 0 bridgehead atoms. The number of nitrogens with one attached hydrogen (secondary N) is 1. The van der Waals surface area contributed by atoms with Gasteiger partial charge in [0.15, 0.2) is 0 Å². The summed E-state index contributed by atoms with van der Waals surface area (Å²) in [6, 6.07) is 12.1. The van der Waals surface area contributed by atoms with Crippen LogP contribution in [0.5, 0.6) is 0 Å². The maximum absolute atomic E-state index is 3.76. The van der Waals surface area contributed by atoms with Crippen molar-refractivity contribution in [1.29, 1.82) is 0 Å². The lowest BCUT2D eigenvalue weighted by Gasteiger charge is -2.12. The van der Waals surface area contributed by atoms with Gasteiger partial charge >= 0.3 is 0 Å². The van der Waals surface area contributed by atoms with Crippen LogP contribution in [0, 0.1) is 0 Å². The van der Waals surface area contributed by atoms with Gasteiger partial charge in [-0.05, 0) is 31.7 Å². The minimum atomic E-state index is 0.608. The molecule has 0 radical (unpaired) electrons. The highest BCUT2D eigenvalue weighted by atomic mass is 15.0. The topological polar surface area (TPSA) is 12.0 Å². The molecule has 1 aliphatic rings. The summed E-state index contributed by atoms with van der Waals surface area (Å²) in [5.41, 5.74) is 1.48. The molecule has 0 amide bonds. The van der Waals surface area contributed by atoms with Gasteiger partial charge in [0, 0.05) is 18.0 Å². The van der Waals surface area contributed by atoms with Crippen molar-refractivity contribution in [2.75, 3.05) is 0 Å². The third-order valence-corrected chi connectivity index (χ3v) is 3.32. The van der Waals surface area contributed by atoms with Crippen LogP contribution in [0.1, 0.15) is 37.7 Å². The van der Waals surface area contributed by atoms with Crippen molar-refractivity contribution in [2.45, 2.75) is 44.2 Å². The first-order chi connectivity index (χ1) is 7.81. The van der Waals surface area contributed by atoms with E-state index in [1.807, 2.05) is 6.08 Å². The van der Waals surface area contributed by atoms with Crippen molar-refractivity contribution >= 4 is 0 Å². The highest BCUT2D eigenvalue weighted by Gasteiger charge is 2.38. The number of hydrogen-bond donors (Lipinski definition) is 1. The summed E-state index contributed by atoms with van der Waals surface area (Å²) in [7, 11) is 0. The van der Waals surface area contributed by atoms with Crippen LogP contribution in [0.4, 0.5) is 0 Å². The van der Waals surface area contributed by atoms with Crippen LogP contribution in [-0.2, 0) is 0 Å². The van der Waals surface area contributed by atoms with E-state index in [1.54, 1.807) is 0 Å². The average molecular weight is 215 g/mol. The molecule has 1 aromatic rings. The summed E-state index contributed by atoms with van der Waals surface area (Å²) < 4.78 is 0. The number of hydrogen-bond acceptors (Lipinski definition) is 1. The van der Waals surface area contributed by atoms with Gasteiger partial charge in [0.25, 0.3) is 0 Å². The molecule has 0 heterocycles. The van der Waals surface area contributed by atoms with Gasteiger partial charge in [0.1, 0.15) is 0 Å². The molecule has 3 atom stereocenters. The van der Waals surface area contributed by atoms with E-state index in [0.29, 0.717) is 12.1 Å². The van der Waals surface area contributed by atoms with Crippen LogP contribution < -0.4 is 5.32 Å². The van der Waals surface area contributed by atoms with E-state index < -0.39 is 0 Å². The first-order valence-corrected chi connectivity index (χ1v) is 6.23. The molecule has 1 saturated carbocycles. The molecule has 1 aliphatic carbocycles. The van der Waals surface area contributed by atoms with Gasteiger partial charge in [-0.3, -0.25) is 0 Å². The fraction of sp³-hybridized carbons (Fsp3) is 0.467. The van der Waals surface area contributed by atoms with E-state index in [1.165, 1.54) is 18.4 Å². The molecule has 1 aromatic carbocycles. The van der Waals surface area contributed by atoms with Gasteiger partial charge in [-0.25, -0.2) is 0 Å². The minimum Gasteiger partial charge on any atom is -0.311 e. The largest absolute Gasteiger partial charge is 0.311 e. The highest BCUT2D eigenvalue weighted by molar-refractivity contribution is 5.27. The molecule has 2 rings (SSSR count). The van der Waals surface area contributed by atoms with Crippen LogP contribution in [0.25, 0.3) is 0 Å². The number of rotatable bonds is 6. The van der Waals surface area contributed by atoms with E-state index in [-0.39, 0.29) is 0 Å². The van der Waals surface area contributed by atoms with Gasteiger partial charge in [-0.1, -0.05) is 36.4 Å². The fourth-order valence-electron chi connectivity index (χ4n) is 2.26. The first-order valence-electron chi connectivity index (χ1n) is 6.23. The Morgan fingerprint density at radius 3 is 2.88 bits per heavy atom. The predicted octanol–water partition coefficient (Wildman–Crippen LogP) is 3.49. The summed E-state index contributed by atoms with van der Waals surface area (Å²) in [5.74, 6) is 0.743. The fourth-order valence-corrected chi connectivity index (χ4v) is 2.26. The zero-order chi connectivity index (χ0) is 11.4. The average Bonchev–Trinajstić information content (AvgIpc) is 3.07. The zero-order valence-corrected chi connectivity index (χ0v) is 10.0. The third-order valence-electron chi connectivity index (χ3n) is 3.32. The molecular weight excluding hydrogens is 194 g/mol. The normalized spacial score (nSPS) is 25.1. The number of benzene rings is 1. The highest BCUT2D eigenvalue weighted by Crippen LogP contribution is 2.40. The van der Waals surface area contributed by atoms with Crippen molar-refractivity contribution in [3.63, 3.8) is 0 Å². The summed E-state index contributed by atoms with van der Waals surface area (Å²) in [6.07, 6.45) is 5.60. The standard InChI is InChI=1S/C15H21N/c1-3-4-8-12(2)16-15-11-14(15)13-9-6-5-7-10-13/h3,5-7,9-10,12,14-16H,1,4,8,11H2,2H3. The monoisotopic (exact) mass is 215 g/mol. The van der Waals surface area contributed by atoms with E-state index >= 15 is 0 Å². The van der Waals surface area contributed by atoms with Crippen molar-refractivity contribution in [1.82, 2.24) is 5.32 Å². The molecule has 1 N–H and O–H groups in total. The van der Waals surface area contributed by atoms with Crippen molar-refractivity contribution < 1.29 is 0 Å². The Hall–Kier alpha value is -1.08. The smallest absolute Gasteiger partial charge is 0.0145 e. The number of allylic oxidation sites excluding steroid dienone is 1. The lowest BCUT2D eigenvalue weighted by atomic mass is 10.1. The van der Waals surface area contributed by atoms with Crippen molar-refractivity contribution in [3.8, 4) is 0 Å². The van der Waals surface area contributed by atoms with E-state index in [9.17, 15) is 0 Å². The molecule has 1 heteroatoms. The lowest BCUT2D eigenvalue weighted by Crippen LogP contribution is -2.28. The SMILES string of the molecule is C=CCCC(C)NC1CC1c1ccccc1. The Balaban J connectivity index is 1.77. The van der Waals surface area contributed by atoms with Crippen LogP contribution in [0.3, 0.4) is 0 Å². The summed E-state index contributed by atoms with van der Waals surface area (Å²) >= 11 is 0. The second-order valence-corrected chi connectivity index (χ2v) is 4.79. The summed E-state index contributed by atoms with van der Waals surface area (Å²) in [4.78, 5) is 0. The molecule has 3 unspecified atom stereocenters. The Bertz CT molecular complexity index is 331. The van der Waals surface area contributed by atoms with Crippen LogP contribution in [0.15, 0.2) is 43.0 Å². The molecule has 0 spiro atoms. The van der Waals surface area contributed by atoms with Crippen molar-refractivity contribution in [2.24, 2.45) is 0 Å². The van der Waals surface area contributed by atoms with Crippen LogP contribution in [-0.4, -0.2) is 12.1 Å². The Labute approximate surface area is 98.6 Å². The second-order valence-electron chi connectivity index (χ2n) is 4.79. The Morgan fingerprint density at radius 2 is 2.19 bits per heavy atom. The molecule has 0 aromatic heterocycles. The zero-order valence-electron chi connectivity index (χ0n) is 10.0. The molecule has 86 valence electrons. The summed E-state index contributed by atoms with van der Waals surface area (Å²) in [5, 5.41) is 3.69. The molecular formula is C15H21N. The minimum absolute atomic E-state index is 0.608. The maximum atomic E-state index is 3.76. The quantitative estimate of drug-likeness (QED) is 0.716. The van der Waals surface area contributed by atoms with Crippen molar-refractivity contribution in [3.05, 3.63) is 48.6 Å². The molecule has 16 heavy (non-hydrogen) atoms. The van der Waals surface area contributed by atoms with Crippen LogP contribution >= 0.6 is 0 Å². The second kappa shape index (κ2) is 5.31. The Morgan fingerprint density at radius 1 is 1.44 bits per heavy atom. The van der Waals surface area contributed by atoms with Gasteiger partial charge in [0.05, 0.1) is 0 Å². The van der Waals surface area contributed by atoms with Gasteiger partial charge in [0.2, 0.25) is 0 Å². The third kappa shape index (κ3) is 2.96. The van der Waals surface area contributed by atoms with E-state index in [4.69, 9.17) is 0 Å². The lowest BCUT2D eigenvalue weighted by molar-refractivity contribution is 0.510. The predicted molar refractivity (Wildman–Crippen MR) is 69.6 cm³/mol. The van der Waals surface area contributed by atoms with E-state index in [0.717, 1.165) is 12.3 Å². The van der Waals surface area contributed by atoms with Gasteiger partial charge in [-0.15, -0.1) is 6.58 Å². The van der Waals surface area contributed by atoms with E-state index in [2.05, 4.69) is 49.2 Å². The summed E-state index contributed by atoms with van der Waals surface area (Å²) in [6.45, 7) is 6.03.